The number of carbonyl (C=O) groups excluding carboxylic acids is 1. The van der Waals surface area contributed by atoms with Gasteiger partial charge in [-0.2, -0.15) is 0 Å². The zero-order valence-electron chi connectivity index (χ0n) is 18.1. The summed E-state index contributed by atoms with van der Waals surface area (Å²) in [6.45, 7) is 9.11. The zero-order chi connectivity index (χ0) is 20.9. The van der Waals surface area contributed by atoms with Gasteiger partial charge in [0.25, 0.3) is 0 Å². The van der Waals surface area contributed by atoms with Gasteiger partial charge in [0.1, 0.15) is 11.6 Å². The van der Waals surface area contributed by atoms with Crippen LogP contribution >= 0.6 is 0 Å². The van der Waals surface area contributed by atoms with Crippen LogP contribution in [0.4, 0.5) is 16.4 Å². The number of pyridine rings is 2. The number of hydrogen-bond donors (Lipinski definition) is 2. The largest absolute Gasteiger partial charge is 0.356 e. The number of anilines is 2. The molecule has 4 rings (SSSR count). The lowest BCUT2D eigenvalue weighted by Crippen LogP contribution is -2.35. The van der Waals surface area contributed by atoms with Gasteiger partial charge in [-0.15, -0.1) is 0 Å². The molecule has 7 heteroatoms. The van der Waals surface area contributed by atoms with E-state index >= 15 is 0 Å². The Labute approximate surface area is 178 Å². The highest BCUT2D eigenvalue weighted by Gasteiger charge is 2.19. The molecule has 160 valence electrons. The highest BCUT2D eigenvalue weighted by atomic mass is 16.2. The third kappa shape index (κ3) is 4.83. The Morgan fingerprint density at radius 1 is 0.767 bits per heavy atom. The summed E-state index contributed by atoms with van der Waals surface area (Å²) in [4.78, 5) is 26.6. The average molecular weight is 409 g/mol. The van der Waals surface area contributed by atoms with Gasteiger partial charge in [-0.1, -0.05) is 12.1 Å². The van der Waals surface area contributed by atoms with Crippen molar-refractivity contribution in [2.24, 2.45) is 0 Å². The number of rotatable bonds is 6. The van der Waals surface area contributed by atoms with E-state index in [2.05, 4.69) is 32.6 Å². The highest BCUT2D eigenvalue weighted by molar-refractivity contribution is 5.74. The summed E-state index contributed by atoms with van der Waals surface area (Å²) in [7, 11) is 0. The molecule has 2 aliphatic rings. The summed E-state index contributed by atoms with van der Waals surface area (Å²) in [6.07, 6.45) is 4.81. The van der Waals surface area contributed by atoms with E-state index in [0.29, 0.717) is 13.1 Å². The number of nitrogens with one attached hydrogen (secondary N) is 2. The van der Waals surface area contributed by atoms with E-state index in [9.17, 15) is 4.79 Å². The Morgan fingerprint density at radius 3 is 1.57 bits per heavy atom. The minimum atomic E-state index is -0.170. The normalized spacial score (nSPS) is 16.2. The van der Waals surface area contributed by atoms with E-state index in [1.54, 1.807) is 0 Å². The molecule has 30 heavy (non-hydrogen) atoms. The summed E-state index contributed by atoms with van der Waals surface area (Å²) in [5.41, 5.74) is 4.14. The standard InChI is InChI=1S/C23H32N6O/c1-17-7-9-19(21(26-17)28-11-3-4-12-28)15-24-23(30)25-16-20-10-8-18(2)27-22(20)29-13-5-6-14-29/h7-10H,3-6,11-16H2,1-2H3,(H2,24,25,30). The summed E-state index contributed by atoms with van der Waals surface area (Å²) in [5.74, 6) is 2.01. The van der Waals surface area contributed by atoms with E-state index < -0.39 is 0 Å². The van der Waals surface area contributed by atoms with Crippen LogP contribution < -0.4 is 20.4 Å². The third-order valence-corrected chi connectivity index (χ3v) is 5.88. The summed E-state index contributed by atoms with van der Waals surface area (Å²) < 4.78 is 0. The minimum absolute atomic E-state index is 0.170. The molecule has 2 N–H and O–H groups in total. The van der Waals surface area contributed by atoms with E-state index in [1.807, 2.05) is 26.0 Å². The lowest BCUT2D eigenvalue weighted by Gasteiger charge is -2.21. The van der Waals surface area contributed by atoms with E-state index in [4.69, 9.17) is 9.97 Å². The number of aryl methyl sites for hydroxylation is 2. The SMILES string of the molecule is Cc1ccc(CNC(=O)NCc2ccc(C)nc2N2CCCC2)c(N2CCCC2)n1. The summed E-state index contributed by atoms with van der Waals surface area (Å²) >= 11 is 0. The molecule has 2 amide bonds. The van der Waals surface area contributed by atoms with Crippen LogP contribution in [-0.4, -0.2) is 42.2 Å². The topological polar surface area (TPSA) is 73.4 Å². The number of nitrogens with zero attached hydrogens (tertiary/aromatic N) is 4. The Balaban J connectivity index is 1.36. The molecule has 2 fully saturated rings. The first-order valence-electron chi connectivity index (χ1n) is 11.0. The van der Waals surface area contributed by atoms with Crippen molar-refractivity contribution in [1.29, 1.82) is 0 Å². The van der Waals surface area contributed by atoms with Crippen molar-refractivity contribution in [2.45, 2.75) is 52.6 Å². The Kier molecular flexibility index (Phi) is 6.35. The quantitative estimate of drug-likeness (QED) is 0.767. The second-order valence-corrected chi connectivity index (χ2v) is 8.30. The Bertz CT molecular complexity index is 816. The molecule has 0 atom stereocenters. The zero-order valence-corrected chi connectivity index (χ0v) is 18.1. The van der Waals surface area contributed by atoms with Crippen LogP contribution in [0.15, 0.2) is 24.3 Å². The van der Waals surface area contributed by atoms with Crippen molar-refractivity contribution in [2.75, 3.05) is 36.0 Å². The van der Waals surface area contributed by atoms with Gasteiger partial charge in [0.05, 0.1) is 0 Å². The molecule has 0 aromatic carbocycles. The molecular weight excluding hydrogens is 376 g/mol. The molecule has 0 unspecified atom stereocenters. The van der Waals surface area contributed by atoms with Crippen LogP contribution in [0.3, 0.4) is 0 Å². The fourth-order valence-electron chi connectivity index (χ4n) is 4.24. The van der Waals surface area contributed by atoms with Crippen LogP contribution in [0.5, 0.6) is 0 Å². The lowest BCUT2D eigenvalue weighted by atomic mass is 10.2. The van der Waals surface area contributed by atoms with Gasteiger partial charge >= 0.3 is 6.03 Å². The summed E-state index contributed by atoms with van der Waals surface area (Å²) in [5, 5.41) is 6.00. The van der Waals surface area contributed by atoms with Crippen molar-refractivity contribution in [3.63, 3.8) is 0 Å². The second-order valence-electron chi connectivity index (χ2n) is 8.30. The van der Waals surface area contributed by atoms with Crippen LogP contribution in [0.1, 0.15) is 48.2 Å². The predicted octanol–water partition coefficient (Wildman–Crippen LogP) is 3.29. The molecule has 2 aliphatic heterocycles. The van der Waals surface area contributed by atoms with Gasteiger partial charge in [-0.05, 0) is 51.7 Å². The maximum absolute atomic E-state index is 12.5. The fraction of sp³-hybridized carbons (Fsp3) is 0.522. The van der Waals surface area contributed by atoms with Gasteiger partial charge in [0, 0.05) is 61.8 Å². The van der Waals surface area contributed by atoms with Gasteiger partial charge < -0.3 is 20.4 Å². The monoisotopic (exact) mass is 408 g/mol. The molecule has 0 aliphatic carbocycles. The molecule has 0 radical (unpaired) electrons. The van der Waals surface area contributed by atoms with Crippen molar-refractivity contribution >= 4 is 17.7 Å². The molecule has 0 bridgehead atoms. The van der Waals surface area contributed by atoms with Gasteiger partial charge in [0.2, 0.25) is 0 Å². The maximum atomic E-state index is 12.5. The van der Waals surface area contributed by atoms with Crippen LogP contribution in [0.2, 0.25) is 0 Å². The first kappa shape index (κ1) is 20.4. The van der Waals surface area contributed by atoms with Gasteiger partial charge in [-0.3, -0.25) is 0 Å². The van der Waals surface area contributed by atoms with Crippen molar-refractivity contribution in [1.82, 2.24) is 20.6 Å². The van der Waals surface area contributed by atoms with E-state index in [1.165, 1.54) is 25.7 Å². The maximum Gasteiger partial charge on any atom is 0.315 e. The Morgan fingerprint density at radius 2 is 1.17 bits per heavy atom. The predicted molar refractivity (Wildman–Crippen MR) is 120 cm³/mol. The first-order chi connectivity index (χ1) is 14.6. The fourth-order valence-corrected chi connectivity index (χ4v) is 4.24. The summed E-state index contributed by atoms with van der Waals surface area (Å²) in [6, 6.07) is 8.00. The molecule has 2 aromatic rings. The van der Waals surface area contributed by atoms with Crippen LogP contribution in [-0.2, 0) is 13.1 Å². The van der Waals surface area contributed by atoms with Crippen molar-refractivity contribution < 1.29 is 4.79 Å². The molecule has 2 aromatic heterocycles. The first-order valence-corrected chi connectivity index (χ1v) is 11.0. The van der Waals surface area contributed by atoms with Gasteiger partial charge in [0.15, 0.2) is 0 Å². The van der Waals surface area contributed by atoms with Crippen LogP contribution in [0, 0.1) is 13.8 Å². The highest BCUT2D eigenvalue weighted by Crippen LogP contribution is 2.24. The van der Waals surface area contributed by atoms with Gasteiger partial charge in [-0.25, -0.2) is 14.8 Å². The molecule has 4 heterocycles. The van der Waals surface area contributed by atoms with E-state index in [-0.39, 0.29) is 6.03 Å². The molecule has 0 spiro atoms. The average Bonchev–Trinajstić information content (AvgIpc) is 3.46. The van der Waals surface area contributed by atoms with E-state index in [0.717, 1.165) is 60.3 Å². The number of aromatic nitrogens is 2. The second kappa shape index (κ2) is 9.32. The Hall–Kier alpha value is -2.83. The number of carbonyl (C=O) groups is 1. The number of urea groups is 1. The van der Waals surface area contributed by atoms with Crippen molar-refractivity contribution in [3.05, 3.63) is 46.8 Å². The van der Waals surface area contributed by atoms with Crippen LogP contribution in [0.25, 0.3) is 0 Å². The molecule has 7 nitrogen and oxygen atoms in total. The molecule has 0 saturated carbocycles. The molecular formula is C23H32N6O. The smallest absolute Gasteiger partial charge is 0.315 e. The third-order valence-electron chi connectivity index (χ3n) is 5.88. The minimum Gasteiger partial charge on any atom is -0.356 e. The lowest BCUT2D eigenvalue weighted by molar-refractivity contribution is 0.240. The number of hydrogen-bond acceptors (Lipinski definition) is 5. The number of amides is 2. The molecule has 2 saturated heterocycles. The van der Waals surface area contributed by atoms with Crippen molar-refractivity contribution in [3.8, 4) is 0 Å².